The van der Waals surface area contributed by atoms with Crippen molar-refractivity contribution in [3.05, 3.63) is 163 Å². The van der Waals surface area contributed by atoms with Crippen molar-refractivity contribution in [1.82, 2.24) is 19.9 Å². The van der Waals surface area contributed by atoms with Crippen molar-refractivity contribution >= 4 is 135 Å². The molecule has 3 aromatic heterocycles. The number of nitrogens with one attached hydrogen (secondary N) is 2. The molecule has 0 fully saturated rings. The van der Waals surface area contributed by atoms with Crippen LogP contribution >= 0.6 is 92.8 Å². The highest BCUT2D eigenvalue weighted by Gasteiger charge is 2.31. The van der Waals surface area contributed by atoms with E-state index in [9.17, 15) is 17.6 Å². The van der Waals surface area contributed by atoms with Gasteiger partial charge in [-0.2, -0.15) is 0 Å². The van der Waals surface area contributed by atoms with Gasteiger partial charge in [-0.15, -0.1) is 0 Å². The summed E-state index contributed by atoms with van der Waals surface area (Å²) >= 11 is 57.2. The first-order valence-electron chi connectivity index (χ1n) is 17.4. The van der Waals surface area contributed by atoms with Gasteiger partial charge in [-0.3, -0.25) is 0 Å². The fraction of sp³-hybridized carbons (Fsp3) is 0. The fourth-order valence-corrected chi connectivity index (χ4v) is 9.01. The van der Waals surface area contributed by atoms with E-state index in [2.05, 4.69) is 9.97 Å². The van der Waals surface area contributed by atoms with Gasteiger partial charge in [-0.1, -0.05) is 141 Å². The lowest BCUT2D eigenvalue weighted by Crippen LogP contribution is -1.91. The van der Waals surface area contributed by atoms with Crippen LogP contribution < -0.4 is 0 Å². The number of nitrogens with zero attached hydrogens (tertiary/aromatic N) is 2. The maximum atomic E-state index is 14.5. The summed E-state index contributed by atoms with van der Waals surface area (Å²) in [5.74, 6) is -2.12. The predicted octanol–water partition coefficient (Wildman–Crippen LogP) is 16.8. The van der Waals surface area contributed by atoms with E-state index in [4.69, 9.17) is 103 Å². The molecule has 4 aromatic carbocycles. The Labute approximate surface area is 377 Å². The first-order chi connectivity index (χ1) is 28.7. The number of hydrogen-bond donors (Lipinski definition) is 2. The van der Waals surface area contributed by atoms with Gasteiger partial charge in [-0.25, -0.2) is 27.5 Å². The standard InChI is InChI=1S/C44H18Cl8F4N4/c45-29-31(47)39-26(18-3-11-22(54)12-4-18)41-33(49)35(51)43(59-41)28(20-7-15-24(56)16-8-20)44-36(52)34(50)42(60-44)27(19-5-13-23(55)14-6-19)40-32(48)30(46)38(58-40)25(37(29)57-39)17-1-9-21(53)10-2-17/h1-16,57,60H. The summed E-state index contributed by atoms with van der Waals surface area (Å²) in [6.45, 7) is 0. The monoisotopic (exact) mass is 958 g/mol. The molecule has 0 amide bonds. The Morgan fingerprint density at radius 2 is 0.483 bits per heavy atom. The molecule has 16 heteroatoms. The predicted molar refractivity (Wildman–Crippen MR) is 240 cm³/mol. The van der Waals surface area contributed by atoms with E-state index in [-0.39, 0.29) is 107 Å². The molecule has 2 N–H and O–H groups in total. The number of aromatic nitrogens is 4. The third kappa shape index (κ3) is 6.78. The normalized spacial score (nSPS) is 12.9. The van der Waals surface area contributed by atoms with E-state index in [1.807, 2.05) is 0 Å². The number of hydrogen-bond acceptors (Lipinski definition) is 2. The fourth-order valence-electron chi connectivity index (χ4n) is 7.16. The lowest BCUT2D eigenvalue weighted by molar-refractivity contribution is 0.627. The van der Waals surface area contributed by atoms with Crippen molar-refractivity contribution in [2.45, 2.75) is 0 Å². The molecule has 0 unspecified atom stereocenters. The summed E-state index contributed by atoms with van der Waals surface area (Å²) < 4.78 is 57.9. The van der Waals surface area contributed by atoms with Gasteiger partial charge in [0.1, 0.15) is 23.3 Å². The molecule has 60 heavy (non-hydrogen) atoms. The highest BCUT2D eigenvalue weighted by Crippen LogP contribution is 2.52. The number of halogens is 12. The van der Waals surface area contributed by atoms with Crippen LogP contribution in [0.25, 0.3) is 86.7 Å². The van der Waals surface area contributed by atoms with Crippen LogP contribution in [0.15, 0.2) is 97.1 Å². The largest absolute Gasteiger partial charge is 0.352 e. The SMILES string of the molecule is Fc1ccc(-c2c3nc(c(-c4ccc(F)cc4)c4[nH]c(c(Cl)c4Cl)c(-c4ccc(F)cc4)c4nc(c(-c5ccc(F)cc5)c5[nH]c2c(Cl)c5Cl)C(Cl)=C4Cl)C(Cl)=C3Cl)cc1. The molecule has 8 bridgehead atoms. The zero-order valence-electron chi connectivity index (χ0n) is 29.7. The van der Waals surface area contributed by atoms with Crippen LogP contribution in [0.2, 0.25) is 20.1 Å². The molecule has 0 spiro atoms. The molecule has 0 saturated heterocycles. The summed E-state index contributed by atoms with van der Waals surface area (Å²) in [6, 6.07) is 21.8. The van der Waals surface area contributed by atoms with Crippen molar-refractivity contribution in [1.29, 1.82) is 0 Å². The molecule has 0 radical (unpaired) electrons. The van der Waals surface area contributed by atoms with Gasteiger partial charge in [-0.05, 0) is 70.8 Å². The maximum Gasteiger partial charge on any atom is 0.123 e. The topological polar surface area (TPSA) is 57.4 Å². The second-order valence-corrected chi connectivity index (χ2v) is 16.4. The zero-order chi connectivity index (χ0) is 42.3. The highest BCUT2D eigenvalue weighted by molar-refractivity contribution is 6.67. The Hall–Kier alpha value is -4.48. The summed E-state index contributed by atoms with van der Waals surface area (Å²) in [4.78, 5) is 16.6. The average Bonchev–Trinajstić information content (AvgIpc) is 3.89. The van der Waals surface area contributed by atoms with Crippen molar-refractivity contribution in [3.63, 3.8) is 0 Å². The first-order valence-corrected chi connectivity index (χ1v) is 20.5. The number of rotatable bonds is 4. The Morgan fingerprint density at radius 1 is 0.300 bits per heavy atom. The Bertz CT molecular complexity index is 2780. The first kappa shape index (κ1) is 40.9. The highest BCUT2D eigenvalue weighted by atomic mass is 35.5. The van der Waals surface area contributed by atoms with E-state index in [0.29, 0.717) is 22.3 Å². The summed E-state index contributed by atoms with van der Waals surface area (Å²) in [6.07, 6.45) is 0. The van der Waals surface area contributed by atoms with Crippen LogP contribution in [0.5, 0.6) is 0 Å². The number of benzene rings is 4. The molecule has 7 aromatic rings. The summed E-state index contributed by atoms with van der Waals surface area (Å²) in [5.41, 5.74) is 3.43. The molecule has 4 nitrogen and oxygen atoms in total. The smallest absolute Gasteiger partial charge is 0.123 e. The van der Waals surface area contributed by atoms with Gasteiger partial charge >= 0.3 is 0 Å². The molecule has 2 aliphatic rings. The van der Waals surface area contributed by atoms with Gasteiger partial charge in [0.25, 0.3) is 0 Å². The Balaban J connectivity index is 1.62. The van der Waals surface area contributed by atoms with Crippen LogP contribution in [0.4, 0.5) is 17.6 Å². The maximum absolute atomic E-state index is 14.5. The second kappa shape index (κ2) is 15.8. The second-order valence-electron chi connectivity index (χ2n) is 13.4. The third-order valence-corrected chi connectivity index (χ3v) is 13.3. The number of fused-ring (bicyclic) bond motifs is 8. The molecule has 0 saturated carbocycles. The van der Waals surface area contributed by atoms with Crippen molar-refractivity contribution in [2.24, 2.45) is 0 Å². The molecule has 5 heterocycles. The average molecular weight is 962 g/mol. The van der Waals surface area contributed by atoms with E-state index < -0.39 is 23.3 Å². The quantitative estimate of drug-likeness (QED) is 0.173. The minimum Gasteiger partial charge on any atom is -0.352 e. The van der Waals surface area contributed by atoms with Gasteiger partial charge in [0.2, 0.25) is 0 Å². The van der Waals surface area contributed by atoms with Crippen molar-refractivity contribution < 1.29 is 17.6 Å². The van der Waals surface area contributed by atoms with Crippen LogP contribution in [-0.2, 0) is 0 Å². The van der Waals surface area contributed by atoms with Crippen LogP contribution in [0, 0.1) is 23.3 Å². The summed E-state index contributed by atoms with van der Waals surface area (Å²) in [5, 5.41) is -0.294. The molecule has 2 aliphatic heterocycles. The molecule has 0 atom stereocenters. The van der Waals surface area contributed by atoms with E-state index in [0.717, 1.165) is 0 Å². The minimum absolute atomic E-state index is 0.0228. The minimum atomic E-state index is -0.529. The van der Waals surface area contributed by atoms with Gasteiger partial charge in [0, 0.05) is 22.3 Å². The van der Waals surface area contributed by atoms with Crippen LogP contribution in [-0.4, -0.2) is 19.9 Å². The van der Waals surface area contributed by atoms with Gasteiger partial charge in [0.05, 0.1) is 85.1 Å². The van der Waals surface area contributed by atoms with Gasteiger partial charge < -0.3 is 9.97 Å². The van der Waals surface area contributed by atoms with Crippen LogP contribution in [0.3, 0.4) is 0 Å². The molecule has 298 valence electrons. The molecular weight excluding hydrogens is 944 g/mol. The van der Waals surface area contributed by atoms with E-state index in [1.54, 1.807) is 0 Å². The van der Waals surface area contributed by atoms with E-state index >= 15 is 0 Å². The van der Waals surface area contributed by atoms with Crippen LogP contribution in [0.1, 0.15) is 22.8 Å². The summed E-state index contributed by atoms with van der Waals surface area (Å²) in [7, 11) is 0. The van der Waals surface area contributed by atoms with Crippen molar-refractivity contribution in [2.75, 3.05) is 0 Å². The molecule has 9 rings (SSSR count). The Kier molecular flexibility index (Phi) is 10.7. The lowest BCUT2D eigenvalue weighted by Gasteiger charge is -2.08. The molecular formula is C44H18Cl8F4N4. The zero-order valence-corrected chi connectivity index (χ0v) is 35.7. The number of aromatic amines is 2. The Morgan fingerprint density at radius 3 is 0.667 bits per heavy atom. The van der Waals surface area contributed by atoms with Crippen molar-refractivity contribution in [3.8, 4) is 44.5 Å². The van der Waals surface area contributed by atoms with Gasteiger partial charge in [0.15, 0.2) is 0 Å². The number of H-pyrrole nitrogens is 2. The molecule has 0 aliphatic carbocycles. The third-order valence-electron chi connectivity index (χ3n) is 9.91. The lowest BCUT2D eigenvalue weighted by atomic mass is 10.0. The van der Waals surface area contributed by atoms with E-state index in [1.165, 1.54) is 97.1 Å².